The number of halogens is 1. The summed E-state index contributed by atoms with van der Waals surface area (Å²) in [5.74, 6) is -0.843. The molecule has 4 heteroatoms. The summed E-state index contributed by atoms with van der Waals surface area (Å²) in [7, 11) is 0. The minimum absolute atomic E-state index is 0.156. The molecule has 0 aliphatic heterocycles. The lowest BCUT2D eigenvalue weighted by Crippen LogP contribution is -2.10. The van der Waals surface area contributed by atoms with Gasteiger partial charge in [0.2, 0.25) is 5.91 Å². The molecule has 0 unspecified atom stereocenters. The summed E-state index contributed by atoms with van der Waals surface area (Å²) in [5.41, 5.74) is 9.04. The zero-order chi connectivity index (χ0) is 17.1. The Morgan fingerprint density at radius 3 is 2.42 bits per heavy atom. The molecule has 3 rings (SSSR count). The number of amides is 1. The third-order valence-electron chi connectivity index (χ3n) is 4.10. The number of pyridine rings is 1. The van der Waals surface area contributed by atoms with Gasteiger partial charge in [-0.15, -0.1) is 0 Å². The van der Waals surface area contributed by atoms with Crippen molar-refractivity contribution in [3.8, 4) is 11.1 Å². The van der Waals surface area contributed by atoms with Crippen molar-refractivity contribution in [2.75, 3.05) is 0 Å². The van der Waals surface area contributed by atoms with E-state index in [-0.39, 0.29) is 11.7 Å². The van der Waals surface area contributed by atoms with Crippen molar-refractivity contribution in [3.63, 3.8) is 0 Å². The third-order valence-corrected chi connectivity index (χ3v) is 4.10. The highest BCUT2D eigenvalue weighted by Crippen LogP contribution is 2.28. The highest BCUT2D eigenvalue weighted by atomic mass is 19.1. The summed E-state index contributed by atoms with van der Waals surface area (Å²) in [6.45, 7) is 1.93. The predicted octanol–water partition coefficient (Wildman–Crippen LogP) is 4.14. The van der Waals surface area contributed by atoms with Crippen LogP contribution in [-0.4, -0.2) is 10.9 Å². The Morgan fingerprint density at radius 2 is 1.75 bits per heavy atom. The first-order valence-electron chi connectivity index (χ1n) is 7.67. The van der Waals surface area contributed by atoms with E-state index in [0.29, 0.717) is 11.1 Å². The fourth-order valence-electron chi connectivity index (χ4n) is 2.68. The first-order valence-corrected chi connectivity index (χ1v) is 7.67. The number of nitrogens with zero attached hydrogens (tertiary/aromatic N) is 1. The standard InChI is InChI=1S/C20H17FN2O/c1-13(17-4-2-3-5-18(17)21)19-12-16(10-11-23-19)14-6-8-15(9-7-14)20(22)24/h2-13H,1H3,(H2,22,24)/t13-/m1/s1. The Bertz CT molecular complexity index is 875. The molecular weight excluding hydrogens is 303 g/mol. The fraction of sp³-hybridized carbons (Fsp3) is 0.100. The number of benzene rings is 2. The summed E-state index contributed by atoms with van der Waals surface area (Å²) in [6.07, 6.45) is 1.71. The van der Waals surface area contributed by atoms with E-state index in [1.54, 1.807) is 30.5 Å². The van der Waals surface area contributed by atoms with E-state index in [9.17, 15) is 9.18 Å². The van der Waals surface area contributed by atoms with Gasteiger partial charge in [0.25, 0.3) is 0 Å². The SMILES string of the molecule is C[C@@H](c1cc(-c2ccc(C(N)=O)cc2)ccn1)c1ccccc1F. The second-order valence-electron chi connectivity index (χ2n) is 5.65. The Balaban J connectivity index is 1.94. The van der Waals surface area contributed by atoms with E-state index in [4.69, 9.17) is 5.73 Å². The number of hydrogen-bond acceptors (Lipinski definition) is 2. The van der Waals surface area contributed by atoms with Gasteiger partial charge in [-0.1, -0.05) is 37.3 Å². The maximum atomic E-state index is 14.0. The van der Waals surface area contributed by atoms with E-state index >= 15 is 0 Å². The van der Waals surface area contributed by atoms with Gasteiger partial charge in [-0.25, -0.2) is 4.39 Å². The van der Waals surface area contributed by atoms with Crippen LogP contribution in [0.1, 0.15) is 34.5 Å². The van der Waals surface area contributed by atoms with E-state index in [1.165, 1.54) is 6.07 Å². The van der Waals surface area contributed by atoms with Crippen LogP contribution < -0.4 is 5.73 Å². The molecule has 0 fully saturated rings. The van der Waals surface area contributed by atoms with Crippen LogP contribution in [0.5, 0.6) is 0 Å². The molecule has 0 saturated heterocycles. The van der Waals surface area contributed by atoms with Crippen molar-refractivity contribution in [2.45, 2.75) is 12.8 Å². The average Bonchev–Trinajstić information content (AvgIpc) is 2.62. The number of rotatable bonds is 4. The lowest BCUT2D eigenvalue weighted by molar-refractivity contribution is 0.100. The largest absolute Gasteiger partial charge is 0.366 e. The van der Waals surface area contributed by atoms with E-state index in [1.807, 2.05) is 37.3 Å². The predicted molar refractivity (Wildman–Crippen MR) is 92.1 cm³/mol. The zero-order valence-corrected chi connectivity index (χ0v) is 13.2. The maximum absolute atomic E-state index is 14.0. The molecule has 1 aromatic heterocycles. The molecule has 0 spiro atoms. The molecule has 2 aromatic carbocycles. The minimum atomic E-state index is -0.454. The van der Waals surface area contributed by atoms with Crippen molar-refractivity contribution in [3.05, 3.63) is 89.5 Å². The topological polar surface area (TPSA) is 56.0 Å². The molecule has 24 heavy (non-hydrogen) atoms. The average molecular weight is 320 g/mol. The van der Waals surface area contributed by atoms with E-state index < -0.39 is 5.91 Å². The van der Waals surface area contributed by atoms with Gasteiger partial charge in [0.1, 0.15) is 5.82 Å². The molecular formula is C20H17FN2O. The van der Waals surface area contributed by atoms with Crippen LogP contribution in [0.3, 0.4) is 0 Å². The summed E-state index contributed by atoms with van der Waals surface area (Å²) >= 11 is 0. The quantitative estimate of drug-likeness (QED) is 0.785. The van der Waals surface area contributed by atoms with Gasteiger partial charge in [0, 0.05) is 23.4 Å². The molecule has 0 aliphatic carbocycles. The number of carbonyl (C=O) groups is 1. The number of aromatic nitrogens is 1. The van der Waals surface area contributed by atoms with Crippen molar-refractivity contribution in [2.24, 2.45) is 5.73 Å². The number of hydrogen-bond donors (Lipinski definition) is 1. The Labute approximate surface area is 140 Å². The highest BCUT2D eigenvalue weighted by molar-refractivity contribution is 5.93. The molecule has 1 amide bonds. The maximum Gasteiger partial charge on any atom is 0.248 e. The smallest absolute Gasteiger partial charge is 0.248 e. The molecule has 0 bridgehead atoms. The van der Waals surface area contributed by atoms with Gasteiger partial charge >= 0.3 is 0 Å². The molecule has 120 valence electrons. The summed E-state index contributed by atoms with van der Waals surface area (Å²) in [6, 6.07) is 17.6. The summed E-state index contributed by atoms with van der Waals surface area (Å²) in [5, 5.41) is 0. The monoisotopic (exact) mass is 320 g/mol. The van der Waals surface area contributed by atoms with Crippen LogP contribution in [-0.2, 0) is 0 Å². The molecule has 0 saturated carbocycles. The van der Waals surface area contributed by atoms with Crippen LogP contribution in [0.15, 0.2) is 66.9 Å². The van der Waals surface area contributed by atoms with E-state index in [2.05, 4.69) is 4.98 Å². The first kappa shape index (κ1) is 15.9. The Morgan fingerprint density at radius 1 is 1.04 bits per heavy atom. The Kier molecular flexibility index (Phi) is 4.38. The van der Waals surface area contributed by atoms with Gasteiger partial charge < -0.3 is 5.73 Å². The second kappa shape index (κ2) is 6.62. The number of primary amides is 1. The van der Waals surface area contributed by atoms with Gasteiger partial charge in [0.15, 0.2) is 0 Å². The van der Waals surface area contributed by atoms with Crippen LogP contribution in [0, 0.1) is 5.82 Å². The first-order chi connectivity index (χ1) is 11.6. The molecule has 2 N–H and O–H groups in total. The number of carbonyl (C=O) groups excluding carboxylic acids is 1. The van der Waals surface area contributed by atoms with Crippen molar-refractivity contribution in [1.29, 1.82) is 0 Å². The molecule has 0 radical (unpaired) electrons. The van der Waals surface area contributed by atoms with Crippen molar-refractivity contribution < 1.29 is 9.18 Å². The minimum Gasteiger partial charge on any atom is -0.366 e. The molecule has 1 heterocycles. The molecule has 3 nitrogen and oxygen atoms in total. The second-order valence-corrected chi connectivity index (χ2v) is 5.65. The van der Waals surface area contributed by atoms with Gasteiger partial charge in [0.05, 0.1) is 0 Å². The highest BCUT2D eigenvalue weighted by Gasteiger charge is 2.14. The molecule has 1 atom stereocenters. The lowest BCUT2D eigenvalue weighted by atomic mass is 9.94. The normalized spacial score (nSPS) is 11.9. The van der Waals surface area contributed by atoms with Crippen molar-refractivity contribution in [1.82, 2.24) is 4.98 Å². The van der Waals surface area contributed by atoms with Gasteiger partial charge in [-0.2, -0.15) is 0 Å². The summed E-state index contributed by atoms with van der Waals surface area (Å²) in [4.78, 5) is 15.5. The van der Waals surface area contributed by atoms with Gasteiger partial charge in [-0.3, -0.25) is 9.78 Å². The number of nitrogens with two attached hydrogens (primary N) is 1. The van der Waals surface area contributed by atoms with Crippen LogP contribution >= 0.6 is 0 Å². The van der Waals surface area contributed by atoms with Crippen molar-refractivity contribution >= 4 is 5.91 Å². The van der Waals surface area contributed by atoms with Gasteiger partial charge in [-0.05, 0) is 47.0 Å². The Hall–Kier alpha value is -3.01. The molecule has 0 aliphatic rings. The van der Waals surface area contributed by atoms with Crippen LogP contribution in [0.2, 0.25) is 0 Å². The van der Waals surface area contributed by atoms with Crippen LogP contribution in [0.25, 0.3) is 11.1 Å². The lowest BCUT2D eigenvalue weighted by Gasteiger charge is -2.13. The molecule has 3 aromatic rings. The summed E-state index contributed by atoms with van der Waals surface area (Å²) < 4.78 is 14.0. The van der Waals surface area contributed by atoms with E-state index in [0.717, 1.165) is 16.8 Å². The fourth-order valence-corrected chi connectivity index (χ4v) is 2.68. The third kappa shape index (κ3) is 3.18. The van der Waals surface area contributed by atoms with Crippen LogP contribution in [0.4, 0.5) is 4.39 Å². The zero-order valence-electron chi connectivity index (χ0n) is 13.2.